The Labute approximate surface area is 156 Å². The second kappa shape index (κ2) is 9.49. The zero-order chi connectivity index (χ0) is 18.2. The van der Waals surface area contributed by atoms with E-state index < -0.39 is 0 Å². The number of benzene rings is 2. The minimum Gasteiger partial charge on any atom is -0.459 e. The molecule has 0 unspecified atom stereocenters. The van der Waals surface area contributed by atoms with Crippen LogP contribution >= 0.6 is 23.4 Å². The van der Waals surface area contributed by atoms with Crippen LogP contribution in [0.4, 0.5) is 5.69 Å². The molecule has 0 aliphatic rings. The van der Waals surface area contributed by atoms with Crippen LogP contribution in [0.5, 0.6) is 0 Å². The Morgan fingerprint density at radius 1 is 1.16 bits per heavy atom. The van der Waals surface area contributed by atoms with Crippen molar-refractivity contribution >= 4 is 40.9 Å². The number of hydrogen-bond donors (Lipinski definition) is 1. The Bertz CT molecular complexity index is 732. The maximum atomic E-state index is 11.9. The second-order valence-corrected chi connectivity index (χ2v) is 7.12. The fourth-order valence-electron chi connectivity index (χ4n) is 2.06. The smallest absolute Gasteiger partial charge is 0.338 e. The lowest BCUT2D eigenvalue weighted by Gasteiger charge is -2.09. The van der Waals surface area contributed by atoms with Gasteiger partial charge in [0, 0.05) is 16.5 Å². The Balaban J connectivity index is 1.82. The molecule has 0 bridgehead atoms. The van der Waals surface area contributed by atoms with Crippen molar-refractivity contribution in [1.29, 1.82) is 0 Å². The van der Waals surface area contributed by atoms with E-state index >= 15 is 0 Å². The zero-order valence-electron chi connectivity index (χ0n) is 14.1. The lowest BCUT2D eigenvalue weighted by atomic mass is 10.1. The molecule has 0 saturated carbocycles. The van der Waals surface area contributed by atoms with E-state index in [-0.39, 0.29) is 18.0 Å². The van der Waals surface area contributed by atoms with Gasteiger partial charge in [-0.25, -0.2) is 4.79 Å². The molecule has 0 atom stereocenters. The van der Waals surface area contributed by atoms with Crippen molar-refractivity contribution in [2.75, 3.05) is 11.1 Å². The van der Waals surface area contributed by atoms with Crippen molar-refractivity contribution in [1.82, 2.24) is 0 Å². The van der Waals surface area contributed by atoms with E-state index in [0.717, 1.165) is 5.56 Å². The summed E-state index contributed by atoms with van der Waals surface area (Å²) in [5, 5.41) is 3.44. The number of amides is 1. The number of esters is 1. The van der Waals surface area contributed by atoms with E-state index in [0.29, 0.717) is 27.8 Å². The number of carbonyl (C=O) groups is 2. The summed E-state index contributed by atoms with van der Waals surface area (Å²) in [7, 11) is 0. The molecule has 0 fully saturated rings. The maximum absolute atomic E-state index is 11.9. The number of carbonyl (C=O) groups excluding carboxylic acids is 2. The van der Waals surface area contributed by atoms with Crippen LogP contribution in [0.3, 0.4) is 0 Å². The van der Waals surface area contributed by atoms with Gasteiger partial charge < -0.3 is 10.1 Å². The molecule has 0 saturated heterocycles. The first-order chi connectivity index (χ1) is 11.9. The molecule has 1 N–H and O–H groups in total. The fourth-order valence-corrected chi connectivity index (χ4v) is 2.96. The van der Waals surface area contributed by atoms with E-state index in [2.05, 4.69) is 5.32 Å². The van der Waals surface area contributed by atoms with Crippen molar-refractivity contribution in [2.45, 2.75) is 25.7 Å². The summed E-state index contributed by atoms with van der Waals surface area (Å²) < 4.78 is 5.19. The predicted molar refractivity (Wildman–Crippen MR) is 103 cm³/mol. The first kappa shape index (κ1) is 19.3. The molecule has 0 radical (unpaired) electrons. The molecular weight excluding hydrogens is 358 g/mol. The Morgan fingerprint density at radius 2 is 1.88 bits per heavy atom. The molecule has 0 heterocycles. The molecule has 4 nitrogen and oxygen atoms in total. The topological polar surface area (TPSA) is 55.4 Å². The van der Waals surface area contributed by atoms with Gasteiger partial charge in [0.1, 0.15) is 0 Å². The highest BCUT2D eigenvalue weighted by atomic mass is 35.5. The third-order valence-electron chi connectivity index (χ3n) is 3.14. The van der Waals surface area contributed by atoms with Gasteiger partial charge in [0.05, 0.1) is 17.4 Å². The number of thioether (sulfide) groups is 1. The van der Waals surface area contributed by atoms with E-state index in [9.17, 15) is 9.59 Å². The van der Waals surface area contributed by atoms with Crippen LogP contribution in [0, 0.1) is 0 Å². The highest BCUT2D eigenvalue weighted by molar-refractivity contribution is 7.99. The minimum absolute atomic E-state index is 0.0808. The van der Waals surface area contributed by atoms with Crippen molar-refractivity contribution in [3.8, 4) is 0 Å². The van der Waals surface area contributed by atoms with Crippen LogP contribution in [-0.2, 0) is 15.3 Å². The van der Waals surface area contributed by atoms with Crippen LogP contribution in [-0.4, -0.2) is 23.7 Å². The first-order valence-electron chi connectivity index (χ1n) is 7.87. The largest absolute Gasteiger partial charge is 0.459 e. The molecule has 2 rings (SSSR count). The number of ether oxygens (including phenoxy) is 1. The van der Waals surface area contributed by atoms with Gasteiger partial charge in [-0.1, -0.05) is 23.7 Å². The summed E-state index contributed by atoms with van der Waals surface area (Å²) in [5.74, 6) is 0.546. The van der Waals surface area contributed by atoms with Crippen LogP contribution in [0.15, 0.2) is 48.5 Å². The van der Waals surface area contributed by atoms with Crippen molar-refractivity contribution in [3.05, 3.63) is 64.7 Å². The summed E-state index contributed by atoms with van der Waals surface area (Å²) in [6.07, 6.45) is -0.151. The lowest BCUT2D eigenvalue weighted by Crippen LogP contribution is -2.14. The average molecular weight is 378 g/mol. The van der Waals surface area contributed by atoms with Gasteiger partial charge in [0.15, 0.2) is 0 Å². The molecular formula is C19H20ClNO3S. The van der Waals surface area contributed by atoms with Gasteiger partial charge in [-0.05, 0) is 55.8 Å². The molecule has 6 heteroatoms. The third-order valence-corrected chi connectivity index (χ3v) is 4.39. The highest BCUT2D eigenvalue weighted by Crippen LogP contribution is 2.17. The quantitative estimate of drug-likeness (QED) is 0.705. The number of rotatable bonds is 7. The van der Waals surface area contributed by atoms with Gasteiger partial charge in [0.2, 0.25) is 5.91 Å². The summed E-state index contributed by atoms with van der Waals surface area (Å²) in [4.78, 5) is 23.9. The standard InChI is InChI=1S/C19H20ClNO3S/c1-13(2)24-19(23)15-5-3-4-14(10-15)11-25-12-18(22)21-17-8-6-16(20)7-9-17/h3-10,13H,11-12H2,1-2H3,(H,21,22). The SMILES string of the molecule is CC(C)OC(=O)c1cccc(CSCC(=O)Nc2ccc(Cl)cc2)c1. The third kappa shape index (κ3) is 6.80. The normalized spacial score (nSPS) is 10.6. The number of halogens is 1. The average Bonchev–Trinajstić information content (AvgIpc) is 2.57. The van der Waals surface area contributed by atoms with Gasteiger partial charge in [0.25, 0.3) is 0 Å². The molecule has 0 aliphatic carbocycles. The van der Waals surface area contributed by atoms with Crippen LogP contribution in [0.25, 0.3) is 0 Å². The number of nitrogens with one attached hydrogen (secondary N) is 1. The number of anilines is 1. The molecule has 25 heavy (non-hydrogen) atoms. The molecule has 2 aromatic rings. The molecule has 0 spiro atoms. The maximum Gasteiger partial charge on any atom is 0.338 e. The molecule has 0 aromatic heterocycles. The van der Waals surface area contributed by atoms with Crippen LogP contribution in [0.1, 0.15) is 29.8 Å². The summed E-state index contributed by atoms with van der Waals surface area (Å²) in [6, 6.07) is 14.2. The first-order valence-corrected chi connectivity index (χ1v) is 9.40. The van der Waals surface area contributed by atoms with E-state index in [4.69, 9.17) is 16.3 Å². The lowest BCUT2D eigenvalue weighted by molar-refractivity contribution is -0.113. The second-order valence-electron chi connectivity index (χ2n) is 5.70. The zero-order valence-corrected chi connectivity index (χ0v) is 15.7. The molecule has 1 amide bonds. The summed E-state index contributed by atoms with van der Waals surface area (Å²) >= 11 is 7.29. The Hall–Kier alpha value is -1.98. The van der Waals surface area contributed by atoms with Crippen molar-refractivity contribution in [3.63, 3.8) is 0 Å². The minimum atomic E-state index is -0.331. The van der Waals surface area contributed by atoms with Gasteiger partial charge >= 0.3 is 5.97 Å². The predicted octanol–water partition coefficient (Wildman–Crippen LogP) is 4.78. The summed E-state index contributed by atoms with van der Waals surface area (Å²) in [6.45, 7) is 3.63. The van der Waals surface area contributed by atoms with E-state index in [1.807, 2.05) is 26.0 Å². The fraction of sp³-hybridized carbons (Fsp3) is 0.263. The van der Waals surface area contributed by atoms with Crippen molar-refractivity contribution in [2.24, 2.45) is 0 Å². The Kier molecular flexibility index (Phi) is 7.34. The van der Waals surface area contributed by atoms with Crippen LogP contribution < -0.4 is 5.32 Å². The van der Waals surface area contributed by atoms with Crippen LogP contribution in [0.2, 0.25) is 5.02 Å². The van der Waals surface area contributed by atoms with E-state index in [1.54, 1.807) is 36.4 Å². The monoisotopic (exact) mass is 377 g/mol. The van der Waals surface area contributed by atoms with Gasteiger partial charge in [-0.3, -0.25) is 4.79 Å². The van der Waals surface area contributed by atoms with Gasteiger partial charge in [-0.2, -0.15) is 0 Å². The number of hydrogen-bond acceptors (Lipinski definition) is 4. The molecule has 132 valence electrons. The van der Waals surface area contributed by atoms with Gasteiger partial charge in [-0.15, -0.1) is 11.8 Å². The Morgan fingerprint density at radius 3 is 2.56 bits per heavy atom. The molecule has 2 aromatic carbocycles. The van der Waals surface area contributed by atoms with E-state index in [1.165, 1.54) is 11.8 Å². The highest BCUT2D eigenvalue weighted by Gasteiger charge is 2.10. The molecule has 0 aliphatic heterocycles. The summed E-state index contributed by atoms with van der Waals surface area (Å²) in [5.41, 5.74) is 2.22. The van der Waals surface area contributed by atoms with Crippen molar-refractivity contribution < 1.29 is 14.3 Å².